The Kier molecular flexibility index (Phi) is 12.1. The maximum Gasteiger partial charge on any atom is 0.318 e. The Bertz CT molecular complexity index is 1680. The number of carbonyl (C=O) groups excluding carboxylic acids is 1. The number of rotatable bonds is 8. The van der Waals surface area contributed by atoms with Crippen LogP contribution in [-0.4, -0.2) is 103 Å². The van der Waals surface area contributed by atoms with E-state index in [0.717, 1.165) is 28.9 Å². The quantitative estimate of drug-likeness (QED) is 0.245. The number of hydrogen-bond acceptors (Lipinski definition) is 7. The summed E-state index contributed by atoms with van der Waals surface area (Å²) >= 11 is 0. The molecule has 0 aliphatic carbocycles. The van der Waals surface area contributed by atoms with Crippen LogP contribution in [0.1, 0.15) is 23.2 Å². The van der Waals surface area contributed by atoms with Gasteiger partial charge in [0.1, 0.15) is 25.1 Å². The third kappa shape index (κ3) is 7.79. The molecule has 2 fully saturated rings. The number of nitrogens with zero attached hydrogens (tertiary/aromatic N) is 7. The van der Waals surface area contributed by atoms with Crippen LogP contribution in [-0.2, 0) is 17.8 Å². The van der Waals surface area contributed by atoms with Crippen molar-refractivity contribution in [2.24, 2.45) is 0 Å². The molecular weight excluding hydrogens is 660 g/mol. The molecule has 258 valence electrons. The van der Waals surface area contributed by atoms with E-state index >= 15 is 0 Å². The molecule has 0 N–H and O–H groups in total. The molecule has 6 rings (SSSR count). The van der Waals surface area contributed by atoms with E-state index in [9.17, 15) is 18.0 Å². The van der Waals surface area contributed by atoms with Crippen molar-refractivity contribution in [3.8, 4) is 6.01 Å². The van der Waals surface area contributed by atoms with Gasteiger partial charge in [-0.15, -0.1) is 0 Å². The minimum Gasteiger partial charge on any atom is -0.462 e. The highest BCUT2D eigenvalue weighted by molar-refractivity contribution is 7.59. The van der Waals surface area contributed by atoms with Crippen molar-refractivity contribution in [2.75, 3.05) is 69.4 Å². The first-order chi connectivity index (χ1) is 22.2. The molecule has 0 saturated carbocycles. The topological polar surface area (TPSA) is 69.4 Å². The van der Waals surface area contributed by atoms with E-state index < -0.39 is 24.7 Å². The van der Waals surface area contributed by atoms with Crippen LogP contribution in [0.4, 0.5) is 24.7 Å². The minimum atomic E-state index is -2.77. The number of fused-ring (bicyclic) bond motifs is 2. The fourth-order valence-electron chi connectivity index (χ4n) is 6.95. The van der Waals surface area contributed by atoms with Crippen molar-refractivity contribution < 1.29 is 22.7 Å². The van der Waals surface area contributed by atoms with Gasteiger partial charge in [0.2, 0.25) is 12.5 Å². The molecule has 3 aliphatic heterocycles. The summed E-state index contributed by atoms with van der Waals surface area (Å²) in [6.07, 6.45) is 2.77. The van der Waals surface area contributed by atoms with Gasteiger partial charge >= 0.3 is 6.01 Å². The molecule has 9 nitrogen and oxygen atoms in total. The summed E-state index contributed by atoms with van der Waals surface area (Å²) in [5, 5.41) is 2.35. The first-order valence-corrected chi connectivity index (χ1v) is 15.6. The Morgan fingerprint density at radius 2 is 1.88 bits per heavy atom. The average Bonchev–Trinajstić information content (AvgIpc) is 3.32. The maximum atomic E-state index is 14.1. The van der Waals surface area contributed by atoms with Crippen LogP contribution in [0.15, 0.2) is 48.6 Å². The number of halogens is 3. The average molecular weight is 702 g/mol. The van der Waals surface area contributed by atoms with Crippen molar-refractivity contribution >= 4 is 55.2 Å². The van der Waals surface area contributed by atoms with E-state index in [-0.39, 0.29) is 65.0 Å². The van der Waals surface area contributed by atoms with E-state index in [1.807, 2.05) is 0 Å². The molecule has 14 heteroatoms. The molecule has 2 saturated heterocycles. The van der Waals surface area contributed by atoms with Gasteiger partial charge in [0, 0.05) is 61.4 Å². The zero-order valence-electron chi connectivity index (χ0n) is 27.1. The number of aryl methyl sites for hydroxylation is 1. The van der Waals surface area contributed by atoms with Crippen LogP contribution < -0.4 is 14.5 Å². The number of likely N-dealkylation sites (tertiary alicyclic amines) is 1. The van der Waals surface area contributed by atoms with Crippen LogP contribution in [0.5, 0.6) is 6.01 Å². The standard InChI is InChI=1S/C34H38F3N7O2.2H2S/c1-23-7-4-8-24-9-5-10-29(31(23)24)42-14-12-27-28(20-42)39-33(46-21-25-17-34(36,37)22-41(25)3)40-32(27)43-15-16-44(26(19-43)18-38-2)30(45)11-6-13-35;;/h4-11,25-26H,12-22H2,1,3H3;2*1H2/b11-6+;;/t25-,26-;;/m0../s1. The Morgan fingerprint density at radius 1 is 1.10 bits per heavy atom. The third-order valence-corrected chi connectivity index (χ3v) is 9.21. The smallest absolute Gasteiger partial charge is 0.318 e. The van der Waals surface area contributed by atoms with Gasteiger partial charge in [-0.25, -0.2) is 19.7 Å². The van der Waals surface area contributed by atoms with Gasteiger partial charge in [-0.1, -0.05) is 30.3 Å². The van der Waals surface area contributed by atoms with Crippen LogP contribution in [0.2, 0.25) is 0 Å². The Balaban J connectivity index is 0.00000260. The molecule has 0 unspecified atom stereocenters. The second kappa shape index (κ2) is 15.7. The number of piperazine rings is 1. The fourth-order valence-corrected chi connectivity index (χ4v) is 6.95. The fraction of sp³-hybridized carbons (Fsp3) is 0.471. The summed E-state index contributed by atoms with van der Waals surface area (Å²) in [4.78, 5) is 33.6. The Morgan fingerprint density at radius 3 is 2.58 bits per heavy atom. The predicted octanol–water partition coefficient (Wildman–Crippen LogP) is 4.91. The Hall–Kier alpha value is -3.67. The molecule has 2 atom stereocenters. The summed E-state index contributed by atoms with van der Waals surface area (Å²) in [6, 6.07) is 11.8. The molecule has 1 aromatic heterocycles. The highest BCUT2D eigenvalue weighted by atomic mass is 32.1. The number of amides is 1. The third-order valence-electron chi connectivity index (χ3n) is 9.21. The zero-order chi connectivity index (χ0) is 32.4. The van der Waals surface area contributed by atoms with E-state index in [4.69, 9.17) is 21.3 Å². The molecule has 3 aliphatic rings. The predicted molar refractivity (Wildman–Crippen MR) is 192 cm³/mol. The van der Waals surface area contributed by atoms with E-state index in [1.165, 1.54) is 23.1 Å². The summed E-state index contributed by atoms with van der Waals surface area (Å²) in [5.74, 6) is -2.41. The molecule has 0 spiro atoms. The zero-order valence-corrected chi connectivity index (χ0v) is 29.1. The summed E-state index contributed by atoms with van der Waals surface area (Å²) < 4.78 is 47.0. The number of alkyl halides is 3. The molecule has 4 heterocycles. The first kappa shape index (κ1) is 37.2. The van der Waals surface area contributed by atoms with Gasteiger partial charge in [-0.05, 0) is 43.5 Å². The van der Waals surface area contributed by atoms with E-state index in [2.05, 4.69) is 58.0 Å². The normalized spacial score (nSPS) is 20.6. The van der Waals surface area contributed by atoms with Crippen molar-refractivity contribution in [3.63, 3.8) is 0 Å². The van der Waals surface area contributed by atoms with Gasteiger partial charge in [0.25, 0.3) is 5.92 Å². The lowest BCUT2D eigenvalue weighted by molar-refractivity contribution is -0.128. The monoisotopic (exact) mass is 701 g/mol. The molecule has 3 aromatic rings. The van der Waals surface area contributed by atoms with E-state index in [0.29, 0.717) is 38.4 Å². The van der Waals surface area contributed by atoms with Crippen LogP contribution >= 0.6 is 27.0 Å². The van der Waals surface area contributed by atoms with Crippen molar-refractivity contribution in [3.05, 3.63) is 76.8 Å². The second-order valence-corrected chi connectivity index (χ2v) is 12.3. The highest BCUT2D eigenvalue weighted by Crippen LogP contribution is 2.36. The summed E-state index contributed by atoms with van der Waals surface area (Å²) in [6.45, 7) is 11.1. The van der Waals surface area contributed by atoms with Crippen LogP contribution in [0.3, 0.4) is 0 Å². The van der Waals surface area contributed by atoms with Crippen molar-refractivity contribution in [2.45, 2.75) is 44.3 Å². The van der Waals surface area contributed by atoms with Crippen molar-refractivity contribution in [1.29, 1.82) is 0 Å². The number of hydrogen-bond donors (Lipinski definition) is 0. The van der Waals surface area contributed by atoms with Gasteiger partial charge in [-0.2, -0.15) is 37.0 Å². The molecular formula is C34H42F3N7O2S2. The Labute approximate surface area is 293 Å². The number of benzene rings is 2. The lowest BCUT2D eigenvalue weighted by Gasteiger charge is -2.41. The number of carbonyl (C=O) groups is 1. The lowest BCUT2D eigenvalue weighted by Crippen LogP contribution is -2.56. The number of ether oxygens (including phenoxy) is 1. The van der Waals surface area contributed by atoms with Gasteiger partial charge in [-0.3, -0.25) is 9.69 Å². The minimum absolute atomic E-state index is 0. The number of likely N-dealkylation sites (N-methyl/N-ethyl adjacent to an activating group) is 1. The first-order valence-electron chi connectivity index (χ1n) is 15.6. The van der Waals surface area contributed by atoms with Crippen molar-refractivity contribution in [1.82, 2.24) is 19.8 Å². The molecule has 0 bridgehead atoms. The number of anilines is 2. The second-order valence-electron chi connectivity index (χ2n) is 12.3. The molecule has 1 amide bonds. The summed E-state index contributed by atoms with van der Waals surface area (Å²) in [7, 11) is 1.67. The highest BCUT2D eigenvalue weighted by Gasteiger charge is 2.43. The molecule has 0 radical (unpaired) electrons. The maximum absolute atomic E-state index is 14.1. The van der Waals surface area contributed by atoms with Gasteiger partial charge in [0.15, 0.2) is 0 Å². The molecule has 2 aromatic carbocycles. The van der Waals surface area contributed by atoms with Crippen LogP contribution in [0, 0.1) is 13.5 Å². The number of aromatic nitrogens is 2. The SMILES string of the molecule is S.S.[C-]#[N+]C[C@H]1CN(c2nc(OC[C@@H]3CC(F)(F)CN3C)nc3c2CCN(c2cccc4cccc(C)c24)C3)CCN1C(=O)/C=C/CF. The number of allylic oxidation sites excluding steroid dienone is 1. The molecule has 48 heavy (non-hydrogen) atoms. The lowest BCUT2D eigenvalue weighted by atomic mass is 9.99. The van der Waals surface area contributed by atoms with Crippen LogP contribution in [0.25, 0.3) is 15.6 Å². The summed E-state index contributed by atoms with van der Waals surface area (Å²) in [5.41, 5.74) is 4.07. The van der Waals surface area contributed by atoms with E-state index in [1.54, 1.807) is 16.8 Å². The van der Waals surface area contributed by atoms with Gasteiger partial charge < -0.3 is 24.3 Å². The largest absolute Gasteiger partial charge is 0.462 e. The van der Waals surface area contributed by atoms with Gasteiger partial charge in [0.05, 0.1) is 18.8 Å².